The van der Waals surface area contributed by atoms with Crippen molar-refractivity contribution < 1.29 is 4.79 Å². The van der Waals surface area contributed by atoms with Crippen LogP contribution in [0.4, 0.5) is 0 Å². The Bertz CT molecular complexity index is 329. The molecule has 2 aliphatic heterocycles. The first-order valence-electron chi connectivity index (χ1n) is 7.97. The number of likely N-dealkylation sites (tertiary alicyclic amines) is 1. The van der Waals surface area contributed by atoms with Crippen molar-refractivity contribution in [3.05, 3.63) is 0 Å². The van der Waals surface area contributed by atoms with Crippen LogP contribution < -0.4 is 10.6 Å². The van der Waals surface area contributed by atoms with E-state index in [1.165, 1.54) is 32.4 Å². The lowest BCUT2D eigenvalue weighted by Crippen LogP contribution is -2.43. The standard InChI is InChI=1S/C15H27N3O/c1-11-8-13(4-6-16-11)15(19)17-9-12-5-7-18(10-12)14-2-3-14/h11-14,16H,2-10H2,1H3,(H,17,19). The van der Waals surface area contributed by atoms with Crippen LogP contribution in [-0.2, 0) is 4.79 Å². The summed E-state index contributed by atoms with van der Waals surface area (Å²) in [4.78, 5) is 14.8. The quantitative estimate of drug-likeness (QED) is 0.796. The number of nitrogens with zero attached hydrogens (tertiary/aromatic N) is 1. The highest BCUT2D eigenvalue weighted by Gasteiger charge is 2.34. The first kappa shape index (κ1) is 13.4. The number of carbonyl (C=O) groups excluding carboxylic acids is 1. The van der Waals surface area contributed by atoms with Gasteiger partial charge >= 0.3 is 0 Å². The molecule has 108 valence electrons. The smallest absolute Gasteiger partial charge is 0.223 e. The summed E-state index contributed by atoms with van der Waals surface area (Å²) >= 11 is 0. The summed E-state index contributed by atoms with van der Waals surface area (Å²) in [5.74, 6) is 1.21. The molecule has 2 N–H and O–H groups in total. The van der Waals surface area contributed by atoms with Crippen LogP contribution >= 0.6 is 0 Å². The summed E-state index contributed by atoms with van der Waals surface area (Å²) in [5.41, 5.74) is 0. The van der Waals surface area contributed by atoms with Crippen LogP contribution in [0.1, 0.15) is 39.0 Å². The summed E-state index contributed by atoms with van der Waals surface area (Å²) in [7, 11) is 0. The van der Waals surface area contributed by atoms with E-state index >= 15 is 0 Å². The molecule has 0 spiro atoms. The highest BCUT2D eigenvalue weighted by molar-refractivity contribution is 5.78. The van der Waals surface area contributed by atoms with Gasteiger partial charge in [0.15, 0.2) is 0 Å². The predicted molar refractivity (Wildman–Crippen MR) is 75.9 cm³/mol. The third-order valence-electron chi connectivity index (χ3n) is 4.94. The van der Waals surface area contributed by atoms with Crippen LogP contribution in [0, 0.1) is 11.8 Å². The molecule has 0 bridgehead atoms. The maximum atomic E-state index is 12.2. The topological polar surface area (TPSA) is 44.4 Å². The Morgan fingerprint density at radius 1 is 1.32 bits per heavy atom. The monoisotopic (exact) mass is 265 g/mol. The molecule has 4 heteroatoms. The van der Waals surface area contributed by atoms with Crippen LogP contribution in [-0.4, -0.2) is 49.1 Å². The maximum Gasteiger partial charge on any atom is 0.223 e. The largest absolute Gasteiger partial charge is 0.356 e. The summed E-state index contributed by atoms with van der Waals surface area (Å²) < 4.78 is 0. The second kappa shape index (κ2) is 5.80. The highest BCUT2D eigenvalue weighted by atomic mass is 16.1. The van der Waals surface area contributed by atoms with Gasteiger partial charge in [0.2, 0.25) is 5.91 Å². The second-order valence-corrected chi connectivity index (χ2v) is 6.70. The maximum absolute atomic E-state index is 12.2. The van der Waals surface area contributed by atoms with Gasteiger partial charge in [0.05, 0.1) is 0 Å². The molecular weight excluding hydrogens is 238 g/mol. The highest BCUT2D eigenvalue weighted by Crippen LogP contribution is 2.31. The summed E-state index contributed by atoms with van der Waals surface area (Å²) in [5, 5.41) is 6.60. The Kier molecular flexibility index (Phi) is 4.08. The van der Waals surface area contributed by atoms with Gasteiger partial charge in [-0.15, -0.1) is 0 Å². The van der Waals surface area contributed by atoms with E-state index in [2.05, 4.69) is 22.5 Å². The number of hydrogen-bond donors (Lipinski definition) is 2. The van der Waals surface area contributed by atoms with Crippen molar-refractivity contribution in [1.29, 1.82) is 0 Å². The van der Waals surface area contributed by atoms with E-state index < -0.39 is 0 Å². The van der Waals surface area contributed by atoms with Gasteiger partial charge in [-0.1, -0.05) is 0 Å². The molecule has 2 saturated heterocycles. The Labute approximate surface area is 116 Å². The minimum Gasteiger partial charge on any atom is -0.356 e. The third-order valence-corrected chi connectivity index (χ3v) is 4.94. The van der Waals surface area contributed by atoms with Crippen LogP contribution in [0.5, 0.6) is 0 Å². The van der Waals surface area contributed by atoms with Gasteiger partial charge in [-0.3, -0.25) is 4.79 Å². The van der Waals surface area contributed by atoms with Gasteiger partial charge in [0.25, 0.3) is 0 Å². The van der Waals surface area contributed by atoms with E-state index in [4.69, 9.17) is 0 Å². The fraction of sp³-hybridized carbons (Fsp3) is 0.933. The summed E-state index contributed by atoms with van der Waals surface area (Å²) in [6.07, 6.45) is 6.04. The van der Waals surface area contributed by atoms with Crippen molar-refractivity contribution in [3.8, 4) is 0 Å². The van der Waals surface area contributed by atoms with Gasteiger partial charge < -0.3 is 15.5 Å². The number of rotatable bonds is 4. The van der Waals surface area contributed by atoms with Gasteiger partial charge in [-0.05, 0) is 58.0 Å². The average Bonchev–Trinajstić information content (AvgIpc) is 3.15. The molecule has 0 aromatic heterocycles. The zero-order valence-corrected chi connectivity index (χ0v) is 12.0. The van der Waals surface area contributed by atoms with E-state index in [1.54, 1.807) is 0 Å². The van der Waals surface area contributed by atoms with Crippen LogP contribution in [0.2, 0.25) is 0 Å². The molecule has 19 heavy (non-hydrogen) atoms. The molecular formula is C15H27N3O. The Balaban J connectivity index is 1.38. The third kappa shape index (κ3) is 3.48. The molecule has 4 nitrogen and oxygen atoms in total. The fourth-order valence-electron chi connectivity index (χ4n) is 3.56. The summed E-state index contributed by atoms with van der Waals surface area (Å²) in [6.45, 7) is 6.49. The molecule has 1 saturated carbocycles. The number of hydrogen-bond acceptors (Lipinski definition) is 3. The van der Waals surface area contributed by atoms with E-state index in [1.807, 2.05) is 0 Å². The van der Waals surface area contributed by atoms with Crippen molar-refractivity contribution in [2.75, 3.05) is 26.2 Å². The minimum absolute atomic E-state index is 0.234. The summed E-state index contributed by atoms with van der Waals surface area (Å²) in [6, 6.07) is 1.37. The fourth-order valence-corrected chi connectivity index (χ4v) is 3.56. The van der Waals surface area contributed by atoms with Crippen molar-refractivity contribution in [2.24, 2.45) is 11.8 Å². The molecule has 3 fully saturated rings. The molecule has 2 heterocycles. The Morgan fingerprint density at radius 3 is 2.89 bits per heavy atom. The second-order valence-electron chi connectivity index (χ2n) is 6.70. The normalized spacial score (nSPS) is 36.4. The zero-order valence-electron chi connectivity index (χ0n) is 12.0. The number of amides is 1. The molecule has 1 aliphatic carbocycles. The lowest BCUT2D eigenvalue weighted by atomic mass is 9.92. The predicted octanol–water partition coefficient (Wildman–Crippen LogP) is 0.975. The molecule has 1 amide bonds. The lowest BCUT2D eigenvalue weighted by Gasteiger charge is -2.27. The number of piperidine rings is 1. The van der Waals surface area contributed by atoms with E-state index in [0.717, 1.165) is 32.0 Å². The van der Waals surface area contributed by atoms with Gasteiger partial charge in [0.1, 0.15) is 0 Å². The van der Waals surface area contributed by atoms with Crippen molar-refractivity contribution >= 4 is 5.91 Å². The van der Waals surface area contributed by atoms with E-state index in [9.17, 15) is 4.79 Å². The average molecular weight is 265 g/mol. The molecule has 3 aliphatic rings. The van der Waals surface area contributed by atoms with Crippen LogP contribution in [0.3, 0.4) is 0 Å². The van der Waals surface area contributed by atoms with Crippen LogP contribution in [0.25, 0.3) is 0 Å². The molecule has 0 aromatic rings. The lowest BCUT2D eigenvalue weighted by molar-refractivity contribution is -0.126. The number of carbonyl (C=O) groups is 1. The number of nitrogens with one attached hydrogen (secondary N) is 2. The van der Waals surface area contributed by atoms with Crippen molar-refractivity contribution in [1.82, 2.24) is 15.5 Å². The van der Waals surface area contributed by atoms with Gasteiger partial charge in [0, 0.05) is 31.1 Å². The van der Waals surface area contributed by atoms with Gasteiger partial charge in [-0.2, -0.15) is 0 Å². The van der Waals surface area contributed by atoms with Crippen molar-refractivity contribution in [3.63, 3.8) is 0 Å². The Hall–Kier alpha value is -0.610. The SMILES string of the molecule is CC1CC(C(=O)NCC2CCN(C3CC3)C2)CCN1. The van der Waals surface area contributed by atoms with E-state index in [-0.39, 0.29) is 5.92 Å². The molecule has 3 unspecified atom stereocenters. The molecule has 0 aromatic carbocycles. The molecule has 3 rings (SSSR count). The van der Waals surface area contributed by atoms with Crippen molar-refractivity contribution in [2.45, 2.75) is 51.1 Å². The Morgan fingerprint density at radius 2 is 2.16 bits per heavy atom. The molecule has 3 atom stereocenters. The first-order valence-corrected chi connectivity index (χ1v) is 7.97. The van der Waals surface area contributed by atoms with E-state index in [0.29, 0.717) is 17.9 Å². The first-order chi connectivity index (χ1) is 9.22. The van der Waals surface area contributed by atoms with Crippen LogP contribution in [0.15, 0.2) is 0 Å². The minimum atomic E-state index is 0.234. The molecule has 0 radical (unpaired) electrons. The van der Waals surface area contributed by atoms with Gasteiger partial charge in [-0.25, -0.2) is 0 Å². The zero-order chi connectivity index (χ0) is 13.2.